The van der Waals surface area contributed by atoms with E-state index in [1.165, 1.54) is 11.6 Å². The molecule has 0 aliphatic rings. The van der Waals surface area contributed by atoms with Gasteiger partial charge in [0.25, 0.3) is 0 Å². The predicted molar refractivity (Wildman–Crippen MR) is 82.4 cm³/mol. The number of benzene rings is 1. The van der Waals surface area contributed by atoms with Gasteiger partial charge < -0.3 is 5.41 Å². The molecule has 1 aromatic carbocycles. The van der Waals surface area contributed by atoms with Crippen LogP contribution in [0.15, 0.2) is 29.4 Å². The molecular formula is C13H11ClN6OS. The standard InChI is InChI=1S/C13H11ClN6OS/c1-8(16)11(6-15)12(21)7-22-13-17-18-19-20(13)10-4-2-9(14)3-5-10/h2-5,11,16H,7H2,1H3. The van der Waals surface area contributed by atoms with Crippen LogP contribution in [0.25, 0.3) is 5.69 Å². The van der Waals surface area contributed by atoms with Gasteiger partial charge in [0, 0.05) is 10.7 Å². The molecule has 22 heavy (non-hydrogen) atoms. The lowest BCUT2D eigenvalue weighted by Crippen LogP contribution is -2.21. The number of carbonyl (C=O) groups is 1. The number of nitrogens with one attached hydrogen (secondary N) is 1. The molecule has 0 saturated carbocycles. The molecule has 1 aromatic heterocycles. The molecule has 2 aromatic rings. The molecule has 0 fully saturated rings. The number of halogens is 1. The van der Waals surface area contributed by atoms with Crippen molar-refractivity contribution in [3.63, 3.8) is 0 Å². The summed E-state index contributed by atoms with van der Waals surface area (Å²) in [5, 5.41) is 28.7. The van der Waals surface area contributed by atoms with Gasteiger partial charge in [0.05, 0.1) is 17.5 Å². The number of carbonyl (C=O) groups excluding carboxylic acids is 1. The molecule has 0 saturated heterocycles. The van der Waals surface area contributed by atoms with Gasteiger partial charge in [0.2, 0.25) is 5.16 Å². The molecule has 0 aliphatic heterocycles. The highest BCUT2D eigenvalue weighted by Gasteiger charge is 2.21. The molecule has 112 valence electrons. The van der Waals surface area contributed by atoms with Crippen molar-refractivity contribution in [2.24, 2.45) is 5.92 Å². The summed E-state index contributed by atoms with van der Waals surface area (Å²) in [7, 11) is 0. The normalized spacial score (nSPS) is 11.7. The summed E-state index contributed by atoms with van der Waals surface area (Å²) in [4.78, 5) is 11.9. The molecular weight excluding hydrogens is 324 g/mol. The van der Waals surface area contributed by atoms with E-state index < -0.39 is 5.92 Å². The number of hydrogen-bond donors (Lipinski definition) is 1. The van der Waals surface area contributed by atoms with Gasteiger partial charge in [-0.2, -0.15) is 9.94 Å². The van der Waals surface area contributed by atoms with E-state index in [1.807, 2.05) is 6.07 Å². The van der Waals surface area contributed by atoms with Crippen molar-refractivity contribution >= 4 is 34.9 Å². The summed E-state index contributed by atoms with van der Waals surface area (Å²) in [6, 6.07) is 8.75. The summed E-state index contributed by atoms with van der Waals surface area (Å²) >= 11 is 6.95. The largest absolute Gasteiger partial charge is 0.308 e. The zero-order valence-electron chi connectivity index (χ0n) is 11.5. The second kappa shape index (κ2) is 7.15. The van der Waals surface area contributed by atoms with Crippen LogP contribution in [0.1, 0.15) is 6.92 Å². The van der Waals surface area contributed by atoms with Crippen molar-refractivity contribution < 1.29 is 4.79 Å². The Morgan fingerprint density at radius 3 is 2.77 bits per heavy atom. The van der Waals surface area contributed by atoms with Crippen molar-refractivity contribution in [2.45, 2.75) is 12.1 Å². The van der Waals surface area contributed by atoms with Gasteiger partial charge in [-0.3, -0.25) is 4.79 Å². The smallest absolute Gasteiger partial charge is 0.214 e. The Kier molecular flexibility index (Phi) is 5.25. The lowest BCUT2D eigenvalue weighted by atomic mass is 10.0. The molecule has 2 rings (SSSR count). The first-order valence-corrected chi connectivity index (χ1v) is 7.53. The average Bonchev–Trinajstić information content (AvgIpc) is 2.94. The molecule has 7 nitrogen and oxygen atoms in total. The minimum Gasteiger partial charge on any atom is -0.308 e. The van der Waals surface area contributed by atoms with Crippen LogP contribution in [0.5, 0.6) is 0 Å². The van der Waals surface area contributed by atoms with E-state index in [0.29, 0.717) is 15.9 Å². The molecule has 9 heteroatoms. The second-order valence-electron chi connectivity index (χ2n) is 4.35. The van der Waals surface area contributed by atoms with Gasteiger partial charge in [-0.15, -0.1) is 5.10 Å². The Morgan fingerprint density at radius 2 is 2.18 bits per heavy atom. The van der Waals surface area contributed by atoms with Crippen LogP contribution in [0.3, 0.4) is 0 Å². The SMILES string of the molecule is CC(=N)C(C#N)C(=O)CSc1nnnn1-c1ccc(Cl)cc1. The zero-order chi connectivity index (χ0) is 16.1. The quantitative estimate of drug-likeness (QED) is 0.640. The van der Waals surface area contributed by atoms with Gasteiger partial charge in [-0.1, -0.05) is 23.4 Å². The maximum absolute atomic E-state index is 11.9. The van der Waals surface area contributed by atoms with Crippen LogP contribution >= 0.6 is 23.4 Å². The number of nitriles is 1. The lowest BCUT2D eigenvalue weighted by Gasteiger charge is -2.06. The van der Waals surface area contributed by atoms with Crippen LogP contribution in [0.4, 0.5) is 0 Å². The van der Waals surface area contributed by atoms with E-state index in [1.54, 1.807) is 24.3 Å². The topological polar surface area (TPSA) is 108 Å². The van der Waals surface area contributed by atoms with E-state index in [0.717, 1.165) is 11.8 Å². The Labute approximate surface area is 135 Å². The van der Waals surface area contributed by atoms with E-state index in [-0.39, 0.29) is 17.2 Å². The van der Waals surface area contributed by atoms with Gasteiger partial charge in [-0.25, -0.2) is 0 Å². The zero-order valence-corrected chi connectivity index (χ0v) is 13.1. The first kappa shape index (κ1) is 16.1. The van der Waals surface area contributed by atoms with E-state index >= 15 is 0 Å². The summed E-state index contributed by atoms with van der Waals surface area (Å²) in [5.41, 5.74) is 0.745. The highest BCUT2D eigenvalue weighted by molar-refractivity contribution is 7.99. The fourth-order valence-corrected chi connectivity index (χ4v) is 2.57. The first-order chi connectivity index (χ1) is 10.5. The van der Waals surface area contributed by atoms with E-state index in [9.17, 15) is 4.79 Å². The molecule has 0 aliphatic carbocycles. The molecule has 1 atom stereocenters. The molecule has 0 spiro atoms. The van der Waals surface area contributed by atoms with Gasteiger partial charge in [-0.05, 0) is 41.6 Å². The van der Waals surface area contributed by atoms with E-state index in [4.69, 9.17) is 22.3 Å². The first-order valence-electron chi connectivity index (χ1n) is 6.17. The molecule has 1 heterocycles. The average molecular weight is 335 g/mol. The lowest BCUT2D eigenvalue weighted by molar-refractivity contribution is -0.117. The maximum atomic E-state index is 11.9. The summed E-state index contributed by atoms with van der Waals surface area (Å²) in [5.74, 6) is -1.35. The highest BCUT2D eigenvalue weighted by Crippen LogP contribution is 2.20. The van der Waals surface area contributed by atoms with Crippen molar-refractivity contribution in [1.29, 1.82) is 10.7 Å². The predicted octanol–water partition coefficient (Wildman–Crippen LogP) is 2.16. The third-order valence-corrected chi connectivity index (χ3v) is 3.93. The summed E-state index contributed by atoms with van der Waals surface area (Å²) in [6.45, 7) is 1.44. The Balaban J connectivity index is 2.11. The number of thioether (sulfide) groups is 1. The molecule has 0 bridgehead atoms. The van der Waals surface area contributed by atoms with Crippen molar-refractivity contribution in [3.05, 3.63) is 29.3 Å². The Bertz CT molecular complexity index is 736. The number of rotatable bonds is 6. The number of Topliss-reactive ketones (excluding diaryl/α,β-unsaturated/α-hetero) is 1. The van der Waals surface area contributed by atoms with Crippen LogP contribution in [0.2, 0.25) is 5.02 Å². The Hall–Kier alpha value is -2.24. The van der Waals surface area contributed by atoms with Crippen molar-refractivity contribution in [1.82, 2.24) is 20.2 Å². The molecule has 1 unspecified atom stereocenters. The highest BCUT2D eigenvalue weighted by atomic mass is 35.5. The van der Waals surface area contributed by atoms with Crippen molar-refractivity contribution in [2.75, 3.05) is 5.75 Å². The number of tetrazole rings is 1. The van der Waals surface area contributed by atoms with Gasteiger partial charge in [0.1, 0.15) is 5.92 Å². The molecule has 1 N–H and O–H groups in total. The van der Waals surface area contributed by atoms with Crippen LogP contribution < -0.4 is 0 Å². The van der Waals surface area contributed by atoms with Crippen molar-refractivity contribution in [3.8, 4) is 11.8 Å². The monoisotopic (exact) mass is 334 g/mol. The third kappa shape index (κ3) is 3.69. The minimum atomic E-state index is -1.02. The number of nitrogens with zero attached hydrogens (tertiary/aromatic N) is 5. The maximum Gasteiger partial charge on any atom is 0.214 e. The summed E-state index contributed by atoms with van der Waals surface area (Å²) in [6.07, 6.45) is 0. The van der Waals surface area contributed by atoms with E-state index in [2.05, 4.69) is 15.5 Å². The minimum absolute atomic E-state index is 0.0163. The fourth-order valence-electron chi connectivity index (χ4n) is 1.64. The number of hydrogen-bond acceptors (Lipinski definition) is 7. The van der Waals surface area contributed by atoms with Crippen LogP contribution in [-0.2, 0) is 4.79 Å². The van der Waals surface area contributed by atoms with Gasteiger partial charge >= 0.3 is 0 Å². The molecule has 0 amide bonds. The fraction of sp³-hybridized carbons (Fsp3) is 0.231. The second-order valence-corrected chi connectivity index (χ2v) is 5.73. The number of aromatic nitrogens is 4. The third-order valence-electron chi connectivity index (χ3n) is 2.74. The summed E-state index contributed by atoms with van der Waals surface area (Å²) < 4.78 is 1.48. The van der Waals surface area contributed by atoms with Crippen LogP contribution in [-0.4, -0.2) is 37.5 Å². The molecule has 0 radical (unpaired) electrons. The number of ketones is 1. The van der Waals surface area contributed by atoms with Gasteiger partial charge in [0.15, 0.2) is 5.78 Å². The van der Waals surface area contributed by atoms with Crippen LogP contribution in [0, 0.1) is 22.7 Å². The Morgan fingerprint density at radius 1 is 1.50 bits per heavy atom.